The molecule has 62 valence electrons. The molecule has 0 saturated heterocycles. The van der Waals surface area contributed by atoms with E-state index in [1.54, 1.807) is 12.1 Å². The van der Waals surface area contributed by atoms with E-state index in [-0.39, 0.29) is 19.2 Å². The molecule has 0 radical (unpaired) electrons. The molecule has 0 aromatic heterocycles. The summed E-state index contributed by atoms with van der Waals surface area (Å²) < 4.78 is 2.27. The van der Waals surface area contributed by atoms with Crippen LogP contribution in [0.2, 0.25) is 0 Å². The average Bonchev–Trinajstić information content (AvgIpc) is 1.82. The molecule has 0 unspecified atom stereocenters. The van der Waals surface area contributed by atoms with Crippen LogP contribution in [-0.2, 0) is 0 Å². The zero-order chi connectivity index (χ0) is 7.72. The molecule has 0 saturated carbocycles. The van der Waals surface area contributed by atoms with Crippen LogP contribution in [0, 0.1) is 0 Å². The molecule has 5 heteroatoms. The number of phenols is 1. The van der Waals surface area contributed by atoms with Crippen molar-refractivity contribution in [1.82, 2.24) is 0 Å². The average molecular weight is 365 g/mol. The summed E-state index contributed by atoms with van der Waals surface area (Å²) in [5.41, 5.74) is 0. The van der Waals surface area contributed by atoms with Crippen LogP contribution < -0.4 is 0 Å². The third kappa shape index (κ3) is 2.97. The third-order valence-corrected chi connectivity index (χ3v) is 2.65. The standard InChI is InChI=1S/C6H3Br3O.H2S/c7-3-1-4(8)6(10)5(9)2-3;/h1-2,10H;1H2. The van der Waals surface area contributed by atoms with Crippen molar-refractivity contribution >= 4 is 61.3 Å². The van der Waals surface area contributed by atoms with Gasteiger partial charge in [-0.15, -0.1) is 0 Å². The highest BCUT2D eigenvalue weighted by Gasteiger charge is 2.02. The summed E-state index contributed by atoms with van der Waals surface area (Å²) in [4.78, 5) is 0. The molecule has 11 heavy (non-hydrogen) atoms. The Kier molecular flexibility index (Phi) is 5.09. The minimum Gasteiger partial charge on any atom is -0.506 e. The van der Waals surface area contributed by atoms with E-state index in [1.807, 2.05) is 0 Å². The van der Waals surface area contributed by atoms with Crippen LogP contribution in [0.25, 0.3) is 0 Å². The van der Waals surface area contributed by atoms with Crippen molar-refractivity contribution in [3.8, 4) is 5.75 Å². The van der Waals surface area contributed by atoms with E-state index in [4.69, 9.17) is 0 Å². The van der Waals surface area contributed by atoms with E-state index in [9.17, 15) is 5.11 Å². The molecule has 1 aromatic rings. The normalized spacial score (nSPS) is 9.00. The summed E-state index contributed by atoms with van der Waals surface area (Å²) in [7, 11) is 0. The minimum atomic E-state index is 0. The van der Waals surface area contributed by atoms with Crippen LogP contribution >= 0.6 is 61.3 Å². The zero-order valence-electron chi connectivity index (χ0n) is 5.24. The number of hydrogen-bond donors (Lipinski definition) is 1. The number of halogens is 3. The molecule has 0 heterocycles. The molecule has 1 aromatic carbocycles. The molecule has 0 atom stereocenters. The van der Waals surface area contributed by atoms with Crippen molar-refractivity contribution < 1.29 is 5.11 Å². The molecule has 0 fully saturated rings. The van der Waals surface area contributed by atoms with Gasteiger partial charge >= 0.3 is 0 Å². The van der Waals surface area contributed by atoms with Gasteiger partial charge in [0.05, 0.1) is 8.95 Å². The first kappa shape index (κ1) is 11.8. The maximum atomic E-state index is 9.22. The van der Waals surface area contributed by atoms with Crippen molar-refractivity contribution in [3.63, 3.8) is 0 Å². The summed E-state index contributed by atoms with van der Waals surface area (Å²) in [6.07, 6.45) is 0. The first-order chi connectivity index (χ1) is 4.61. The van der Waals surface area contributed by atoms with Gasteiger partial charge in [-0.1, -0.05) is 15.9 Å². The zero-order valence-corrected chi connectivity index (χ0v) is 11.0. The molecular weight excluding hydrogens is 360 g/mol. The summed E-state index contributed by atoms with van der Waals surface area (Å²) in [5, 5.41) is 9.22. The number of hydrogen-bond acceptors (Lipinski definition) is 1. The monoisotopic (exact) mass is 362 g/mol. The van der Waals surface area contributed by atoms with E-state index in [2.05, 4.69) is 47.8 Å². The van der Waals surface area contributed by atoms with Crippen molar-refractivity contribution in [2.45, 2.75) is 0 Å². The fraction of sp³-hybridized carbons (Fsp3) is 0. The summed E-state index contributed by atoms with van der Waals surface area (Å²) in [5.74, 6) is 0.225. The van der Waals surface area contributed by atoms with E-state index in [0.29, 0.717) is 8.95 Å². The predicted octanol–water partition coefficient (Wildman–Crippen LogP) is 3.79. The summed E-state index contributed by atoms with van der Waals surface area (Å²) >= 11 is 9.65. The van der Waals surface area contributed by atoms with Crippen LogP contribution in [0.4, 0.5) is 0 Å². The molecule has 1 nitrogen and oxygen atoms in total. The van der Waals surface area contributed by atoms with E-state index >= 15 is 0 Å². The molecule has 1 N–H and O–H groups in total. The number of aromatic hydroxyl groups is 1. The Morgan fingerprint density at radius 1 is 1.00 bits per heavy atom. The Hall–Kier alpha value is 0.810. The smallest absolute Gasteiger partial charge is 0.144 e. The number of benzene rings is 1. The highest BCUT2D eigenvalue weighted by atomic mass is 79.9. The van der Waals surface area contributed by atoms with Gasteiger partial charge in [0.1, 0.15) is 5.75 Å². The van der Waals surface area contributed by atoms with Crippen molar-refractivity contribution in [1.29, 1.82) is 0 Å². The van der Waals surface area contributed by atoms with Crippen LogP contribution in [-0.4, -0.2) is 5.11 Å². The lowest BCUT2D eigenvalue weighted by atomic mass is 10.3. The molecule has 0 spiro atoms. The molecule has 0 amide bonds. The predicted molar refractivity (Wildman–Crippen MR) is 61.6 cm³/mol. The Morgan fingerprint density at radius 2 is 1.36 bits per heavy atom. The van der Waals surface area contributed by atoms with Crippen LogP contribution in [0.5, 0.6) is 5.75 Å². The van der Waals surface area contributed by atoms with E-state index in [1.165, 1.54) is 0 Å². The van der Waals surface area contributed by atoms with Gasteiger partial charge in [0.15, 0.2) is 0 Å². The van der Waals surface area contributed by atoms with Crippen molar-refractivity contribution in [2.75, 3.05) is 0 Å². The first-order valence-electron chi connectivity index (χ1n) is 2.45. The molecule has 0 aliphatic carbocycles. The van der Waals surface area contributed by atoms with Gasteiger partial charge in [0.2, 0.25) is 0 Å². The Balaban J connectivity index is 0.000001000. The summed E-state index contributed by atoms with van der Waals surface area (Å²) in [6, 6.07) is 3.56. The fourth-order valence-corrected chi connectivity index (χ4v) is 2.79. The lowest BCUT2D eigenvalue weighted by Crippen LogP contribution is -1.71. The molecule has 0 bridgehead atoms. The number of rotatable bonds is 0. The Morgan fingerprint density at radius 3 is 1.73 bits per heavy atom. The minimum absolute atomic E-state index is 0. The highest BCUT2D eigenvalue weighted by Crippen LogP contribution is 2.34. The highest BCUT2D eigenvalue weighted by molar-refractivity contribution is 9.11. The summed E-state index contributed by atoms with van der Waals surface area (Å²) in [6.45, 7) is 0. The second-order valence-corrected chi connectivity index (χ2v) is 4.34. The lowest BCUT2D eigenvalue weighted by molar-refractivity contribution is 0.468. The lowest BCUT2D eigenvalue weighted by Gasteiger charge is -1.99. The first-order valence-corrected chi connectivity index (χ1v) is 4.82. The van der Waals surface area contributed by atoms with Gasteiger partial charge in [-0.3, -0.25) is 0 Å². The van der Waals surface area contributed by atoms with Gasteiger partial charge in [-0.2, -0.15) is 13.5 Å². The fourth-order valence-electron chi connectivity index (χ4n) is 0.535. The number of phenolic OH excluding ortho intramolecular Hbond substituents is 1. The maximum absolute atomic E-state index is 9.22. The second kappa shape index (κ2) is 4.74. The van der Waals surface area contributed by atoms with Gasteiger partial charge in [-0.05, 0) is 44.0 Å². The molecule has 1 rings (SSSR count). The SMILES string of the molecule is Oc1c(Br)cc(Br)cc1Br.S. The van der Waals surface area contributed by atoms with Crippen molar-refractivity contribution in [2.24, 2.45) is 0 Å². The Bertz CT molecular complexity index is 241. The van der Waals surface area contributed by atoms with Gasteiger partial charge < -0.3 is 5.11 Å². The van der Waals surface area contributed by atoms with E-state index in [0.717, 1.165) is 4.47 Å². The van der Waals surface area contributed by atoms with Crippen LogP contribution in [0.3, 0.4) is 0 Å². The second-order valence-electron chi connectivity index (χ2n) is 1.72. The topological polar surface area (TPSA) is 20.2 Å². The quantitative estimate of drug-likeness (QED) is 0.742. The largest absolute Gasteiger partial charge is 0.506 e. The Labute approximate surface area is 97.0 Å². The van der Waals surface area contributed by atoms with Crippen LogP contribution in [0.15, 0.2) is 25.6 Å². The van der Waals surface area contributed by atoms with E-state index < -0.39 is 0 Å². The third-order valence-electron chi connectivity index (χ3n) is 0.982. The van der Waals surface area contributed by atoms with Gasteiger partial charge in [-0.25, -0.2) is 0 Å². The maximum Gasteiger partial charge on any atom is 0.144 e. The molecule has 0 aliphatic rings. The van der Waals surface area contributed by atoms with Gasteiger partial charge in [0, 0.05) is 4.47 Å². The van der Waals surface area contributed by atoms with Gasteiger partial charge in [0.25, 0.3) is 0 Å². The molecule has 0 aliphatic heterocycles. The molecular formula is C6H5Br3OS. The van der Waals surface area contributed by atoms with Crippen LogP contribution in [0.1, 0.15) is 0 Å². The van der Waals surface area contributed by atoms with Crippen molar-refractivity contribution in [3.05, 3.63) is 25.6 Å².